The van der Waals surface area contributed by atoms with Crippen molar-refractivity contribution in [3.05, 3.63) is 54.9 Å². The van der Waals surface area contributed by atoms with Gasteiger partial charge in [0.1, 0.15) is 15.7 Å². The van der Waals surface area contributed by atoms with E-state index in [0.29, 0.717) is 15.7 Å². The Kier molecular flexibility index (Phi) is 5.00. The van der Waals surface area contributed by atoms with E-state index in [0.717, 1.165) is 42.8 Å². The number of fused-ring (bicyclic) bond motifs is 1. The molecule has 1 amide bonds. The van der Waals surface area contributed by atoms with Gasteiger partial charge >= 0.3 is 0 Å². The molecule has 158 valence electrons. The van der Waals surface area contributed by atoms with Gasteiger partial charge in [0.25, 0.3) is 5.91 Å². The second-order valence-electron chi connectivity index (χ2n) is 7.54. The number of carbonyl (C=O) groups is 1. The van der Waals surface area contributed by atoms with E-state index in [1.54, 1.807) is 18.6 Å². The molecule has 31 heavy (non-hydrogen) atoms. The molecule has 10 heteroatoms. The molecule has 1 saturated heterocycles. The fraction of sp³-hybridized carbons (Fsp3) is 0.238. The van der Waals surface area contributed by atoms with Gasteiger partial charge in [0.2, 0.25) is 0 Å². The molecule has 0 saturated carbocycles. The van der Waals surface area contributed by atoms with Gasteiger partial charge < -0.3 is 26.1 Å². The van der Waals surface area contributed by atoms with Crippen LogP contribution in [0.15, 0.2) is 49.2 Å². The zero-order chi connectivity index (χ0) is 21.4. The number of carbonyl (C=O) groups excluding carboxylic acids is 1. The molecule has 1 fully saturated rings. The molecule has 9 nitrogen and oxygen atoms in total. The standard InChI is InChI=1S/C21H22N8OS/c22-14-2-1-8-28(12-14)16-5-6-24-10-15(16)26-20(30)18-19(23)31-21(27-18)13-3-4-17-25-7-9-29(17)11-13/h3-7,9-11,14H,1-2,8,12,22-23H2,(H,26,30)/t14-/m0/s1. The maximum Gasteiger partial charge on any atom is 0.277 e. The average Bonchev–Trinajstić information content (AvgIpc) is 3.40. The van der Waals surface area contributed by atoms with Crippen LogP contribution in [-0.2, 0) is 0 Å². The fourth-order valence-electron chi connectivity index (χ4n) is 3.83. The van der Waals surface area contributed by atoms with Crippen LogP contribution in [0.1, 0.15) is 23.3 Å². The maximum absolute atomic E-state index is 13.0. The highest BCUT2D eigenvalue weighted by Gasteiger charge is 2.22. The number of rotatable bonds is 4. The fourth-order valence-corrected chi connectivity index (χ4v) is 4.65. The molecule has 0 bridgehead atoms. The van der Waals surface area contributed by atoms with Crippen molar-refractivity contribution in [1.82, 2.24) is 19.4 Å². The third-order valence-corrected chi connectivity index (χ3v) is 6.28. The average molecular weight is 435 g/mol. The lowest BCUT2D eigenvalue weighted by molar-refractivity contribution is 0.102. The number of nitrogens with two attached hydrogens (primary N) is 2. The second-order valence-corrected chi connectivity index (χ2v) is 8.57. The van der Waals surface area contributed by atoms with Crippen molar-refractivity contribution in [1.29, 1.82) is 0 Å². The van der Waals surface area contributed by atoms with E-state index in [2.05, 4.69) is 25.2 Å². The molecule has 0 aromatic carbocycles. The zero-order valence-corrected chi connectivity index (χ0v) is 17.5. The number of imidazole rings is 1. The van der Waals surface area contributed by atoms with Gasteiger partial charge in [0.05, 0.1) is 17.6 Å². The first-order valence-corrected chi connectivity index (χ1v) is 10.9. The summed E-state index contributed by atoms with van der Waals surface area (Å²) in [6, 6.07) is 5.83. The Hall–Kier alpha value is -3.50. The third-order valence-electron chi connectivity index (χ3n) is 5.35. The zero-order valence-electron chi connectivity index (χ0n) is 16.7. The normalized spacial score (nSPS) is 16.5. The molecule has 4 aromatic heterocycles. The molecule has 5 heterocycles. The Morgan fingerprint density at radius 1 is 1.26 bits per heavy atom. The van der Waals surface area contributed by atoms with Crippen LogP contribution in [0.5, 0.6) is 0 Å². The number of hydrogen-bond donors (Lipinski definition) is 3. The minimum absolute atomic E-state index is 0.120. The first-order chi connectivity index (χ1) is 15.1. The van der Waals surface area contributed by atoms with E-state index in [-0.39, 0.29) is 17.6 Å². The Labute approximate surface area is 182 Å². The topological polar surface area (TPSA) is 127 Å². The van der Waals surface area contributed by atoms with Crippen LogP contribution in [0, 0.1) is 0 Å². The van der Waals surface area contributed by atoms with Crippen molar-refractivity contribution in [3.63, 3.8) is 0 Å². The molecule has 4 aromatic rings. The van der Waals surface area contributed by atoms with Gasteiger partial charge in [-0.3, -0.25) is 9.78 Å². The summed E-state index contributed by atoms with van der Waals surface area (Å²) in [6.07, 6.45) is 10.9. The minimum atomic E-state index is -0.362. The largest absolute Gasteiger partial charge is 0.389 e. The monoisotopic (exact) mass is 434 g/mol. The third kappa shape index (κ3) is 3.82. The molecular weight excluding hydrogens is 412 g/mol. The van der Waals surface area contributed by atoms with Crippen molar-refractivity contribution < 1.29 is 4.79 Å². The SMILES string of the molecule is Nc1sc(-c2ccc3nccn3c2)nc1C(=O)Nc1cnccc1N1CCC[C@H](N)C1. The molecular formula is C21H22N8OS. The van der Waals surface area contributed by atoms with Gasteiger partial charge in [-0.1, -0.05) is 11.3 Å². The number of aromatic nitrogens is 4. The summed E-state index contributed by atoms with van der Waals surface area (Å²) in [5.74, 6) is -0.362. The number of hydrogen-bond acceptors (Lipinski definition) is 8. The summed E-state index contributed by atoms with van der Waals surface area (Å²) in [6.45, 7) is 1.63. The predicted octanol–water partition coefficient (Wildman–Crippen LogP) is 2.61. The number of nitrogens with one attached hydrogen (secondary N) is 1. The van der Waals surface area contributed by atoms with E-state index in [9.17, 15) is 4.79 Å². The van der Waals surface area contributed by atoms with Gasteiger partial charge in [-0.25, -0.2) is 9.97 Å². The summed E-state index contributed by atoms with van der Waals surface area (Å²) in [7, 11) is 0. The van der Waals surface area contributed by atoms with Gasteiger partial charge in [-0.15, -0.1) is 0 Å². The summed E-state index contributed by atoms with van der Waals surface area (Å²) in [4.78, 5) is 28.1. The first kappa shape index (κ1) is 19.5. The maximum atomic E-state index is 13.0. The Morgan fingerprint density at radius 2 is 2.16 bits per heavy atom. The van der Waals surface area contributed by atoms with E-state index >= 15 is 0 Å². The van der Waals surface area contributed by atoms with Gasteiger partial charge in [0, 0.05) is 49.5 Å². The Balaban J connectivity index is 1.40. The van der Waals surface area contributed by atoms with Gasteiger partial charge in [-0.05, 0) is 31.0 Å². The lowest BCUT2D eigenvalue weighted by atomic mass is 10.1. The predicted molar refractivity (Wildman–Crippen MR) is 122 cm³/mol. The summed E-state index contributed by atoms with van der Waals surface area (Å²) in [5, 5.41) is 3.97. The molecule has 1 aliphatic heterocycles. The molecule has 1 atom stereocenters. The molecule has 0 unspecified atom stereocenters. The Morgan fingerprint density at radius 3 is 3.03 bits per heavy atom. The van der Waals surface area contributed by atoms with Crippen LogP contribution < -0.4 is 21.7 Å². The highest BCUT2D eigenvalue weighted by Crippen LogP contribution is 2.32. The summed E-state index contributed by atoms with van der Waals surface area (Å²) >= 11 is 1.28. The van der Waals surface area contributed by atoms with Crippen molar-refractivity contribution in [2.45, 2.75) is 18.9 Å². The number of amides is 1. The minimum Gasteiger partial charge on any atom is -0.389 e. The molecule has 0 aliphatic carbocycles. The van der Waals surface area contributed by atoms with Crippen LogP contribution in [0.2, 0.25) is 0 Å². The van der Waals surface area contributed by atoms with Crippen molar-refractivity contribution in [2.75, 3.05) is 29.0 Å². The van der Waals surface area contributed by atoms with Crippen LogP contribution in [0.3, 0.4) is 0 Å². The first-order valence-electron chi connectivity index (χ1n) is 10.0. The number of thiazole rings is 1. The number of nitrogen functional groups attached to an aromatic ring is 1. The van der Waals surface area contributed by atoms with Gasteiger partial charge in [0.15, 0.2) is 5.69 Å². The van der Waals surface area contributed by atoms with Crippen LogP contribution in [0.25, 0.3) is 16.2 Å². The second kappa shape index (κ2) is 7.97. The number of anilines is 3. The van der Waals surface area contributed by atoms with Crippen LogP contribution >= 0.6 is 11.3 Å². The molecule has 5 N–H and O–H groups in total. The number of piperidine rings is 1. The number of nitrogens with zero attached hydrogens (tertiary/aromatic N) is 5. The van der Waals surface area contributed by atoms with Crippen LogP contribution in [-0.4, -0.2) is 44.4 Å². The van der Waals surface area contributed by atoms with Crippen molar-refractivity contribution >= 4 is 39.3 Å². The highest BCUT2D eigenvalue weighted by molar-refractivity contribution is 7.19. The van der Waals surface area contributed by atoms with Crippen LogP contribution in [0.4, 0.5) is 16.4 Å². The lowest BCUT2D eigenvalue weighted by Crippen LogP contribution is -2.43. The van der Waals surface area contributed by atoms with Crippen molar-refractivity contribution in [3.8, 4) is 10.6 Å². The summed E-state index contributed by atoms with van der Waals surface area (Å²) < 4.78 is 1.90. The highest BCUT2D eigenvalue weighted by atomic mass is 32.1. The number of pyridine rings is 2. The smallest absolute Gasteiger partial charge is 0.277 e. The van der Waals surface area contributed by atoms with E-state index in [4.69, 9.17) is 11.5 Å². The molecule has 0 spiro atoms. The van der Waals surface area contributed by atoms with E-state index in [1.807, 2.05) is 35.0 Å². The molecule has 5 rings (SSSR count). The Bertz CT molecular complexity index is 1250. The molecule has 1 aliphatic rings. The summed E-state index contributed by atoms with van der Waals surface area (Å²) in [5.41, 5.74) is 15.7. The quantitative estimate of drug-likeness (QED) is 0.450. The van der Waals surface area contributed by atoms with E-state index in [1.165, 1.54) is 11.3 Å². The van der Waals surface area contributed by atoms with Crippen molar-refractivity contribution in [2.24, 2.45) is 5.73 Å². The van der Waals surface area contributed by atoms with Gasteiger partial charge in [-0.2, -0.15) is 0 Å². The molecule has 0 radical (unpaired) electrons. The lowest BCUT2D eigenvalue weighted by Gasteiger charge is -2.33. The van der Waals surface area contributed by atoms with E-state index < -0.39 is 0 Å².